The monoisotopic (exact) mass is 453 g/mol. The molecule has 0 bridgehead atoms. The Morgan fingerprint density at radius 2 is 1.38 bits per heavy atom. The molecule has 3 aromatic rings. The van der Waals surface area contributed by atoms with Gasteiger partial charge in [-0.2, -0.15) is 0 Å². The number of benzene rings is 3. The number of rotatable bonds is 5. The highest BCUT2D eigenvalue weighted by Gasteiger charge is 2.20. The van der Waals surface area contributed by atoms with E-state index in [2.05, 4.69) is 10.6 Å². The van der Waals surface area contributed by atoms with Gasteiger partial charge in [0.2, 0.25) is 0 Å². The fourth-order valence-corrected chi connectivity index (χ4v) is 3.75. The Kier molecular flexibility index (Phi) is 6.55. The first-order valence-corrected chi connectivity index (χ1v) is 10.8. The number of amides is 4. The van der Waals surface area contributed by atoms with Crippen molar-refractivity contribution in [2.75, 3.05) is 5.32 Å². The fraction of sp³-hybridized carbons (Fsp3) is 0.0455. The van der Waals surface area contributed by atoms with Gasteiger partial charge < -0.3 is 10.4 Å². The summed E-state index contributed by atoms with van der Waals surface area (Å²) in [4.78, 5) is 36.2. The molecule has 0 radical (unpaired) electrons. The average molecular weight is 453 g/mol. The summed E-state index contributed by atoms with van der Waals surface area (Å²) in [7, 11) is -4.22. The minimum Gasteiger partial charge on any atom is -0.507 e. The van der Waals surface area contributed by atoms with E-state index < -0.39 is 27.9 Å². The topological polar surface area (TPSA) is 142 Å². The first kappa shape index (κ1) is 22.5. The summed E-state index contributed by atoms with van der Waals surface area (Å²) in [5, 5.41) is 14.3. The smallest absolute Gasteiger partial charge is 0.326 e. The minimum absolute atomic E-state index is 0.190. The van der Waals surface area contributed by atoms with E-state index in [9.17, 15) is 27.9 Å². The predicted molar refractivity (Wildman–Crippen MR) is 117 cm³/mol. The van der Waals surface area contributed by atoms with Crippen LogP contribution >= 0.6 is 0 Å². The molecular weight excluding hydrogens is 434 g/mol. The van der Waals surface area contributed by atoms with Gasteiger partial charge in [-0.1, -0.05) is 30.3 Å². The molecule has 4 N–H and O–H groups in total. The molecule has 0 fully saturated rings. The molecule has 3 aromatic carbocycles. The van der Waals surface area contributed by atoms with E-state index in [1.54, 1.807) is 31.2 Å². The van der Waals surface area contributed by atoms with E-state index >= 15 is 0 Å². The molecule has 0 aromatic heterocycles. The van der Waals surface area contributed by atoms with Crippen LogP contribution < -0.4 is 15.4 Å². The first-order valence-electron chi connectivity index (χ1n) is 9.30. The van der Waals surface area contributed by atoms with Gasteiger partial charge in [-0.3, -0.25) is 14.9 Å². The average Bonchev–Trinajstić information content (AvgIpc) is 2.74. The summed E-state index contributed by atoms with van der Waals surface area (Å²) >= 11 is 0. The molecule has 4 amide bonds. The summed E-state index contributed by atoms with van der Waals surface area (Å²) in [6.45, 7) is 1.74. The lowest BCUT2D eigenvalue weighted by molar-refractivity contribution is 0.0961. The highest BCUT2D eigenvalue weighted by Crippen LogP contribution is 2.18. The number of imide groups is 1. The molecule has 0 unspecified atom stereocenters. The molecule has 32 heavy (non-hydrogen) atoms. The van der Waals surface area contributed by atoms with Gasteiger partial charge in [-0.15, -0.1) is 0 Å². The van der Waals surface area contributed by atoms with E-state index in [1.165, 1.54) is 48.5 Å². The van der Waals surface area contributed by atoms with Crippen LogP contribution in [-0.4, -0.2) is 31.4 Å². The normalized spacial score (nSPS) is 10.8. The SMILES string of the molecule is Cc1ccccc1C(=O)NC(=O)Nc1ccc(S(=O)(=O)NC(=O)c2ccccc2O)cc1. The molecule has 10 heteroatoms. The number of carbonyl (C=O) groups excluding carboxylic acids is 3. The van der Waals surface area contributed by atoms with Crippen LogP contribution in [0.1, 0.15) is 26.3 Å². The highest BCUT2D eigenvalue weighted by atomic mass is 32.2. The third kappa shape index (κ3) is 5.29. The first-order chi connectivity index (χ1) is 15.2. The Bertz CT molecular complexity index is 1290. The van der Waals surface area contributed by atoms with Gasteiger partial charge in [-0.05, 0) is 55.0 Å². The molecule has 9 nitrogen and oxygen atoms in total. The van der Waals surface area contributed by atoms with Gasteiger partial charge in [0, 0.05) is 11.3 Å². The van der Waals surface area contributed by atoms with E-state index in [0.29, 0.717) is 11.1 Å². The van der Waals surface area contributed by atoms with Crippen LogP contribution in [0.5, 0.6) is 5.75 Å². The number of hydrogen-bond acceptors (Lipinski definition) is 6. The minimum atomic E-state index is -4.22. The number of phenols is 1. The molecule has 3 rings (SSSR count). The lowest BCUT2D eigenvalue weighted by atomic mass is 10.1. The Balaban J connectivity index is 1.64. The zero-order valence-corrected chi connectivity index (χ0v) is 17.6. The fourth-order valence-electron chi connectivity index (χ4n) is 2.78. The second kappa shape index (κ2) is 9.31. The summed E-state index contributed by atoms with van der Waals surface area (Å²) in [6.07, 6.45) is 0. The van der Waals surface area contributed by atoms with E-state index in [-0.39, 0.29) is 21.9 Å². The molecule has 0 aliphatic heterocycles. The summed E-state index contributed by atoms with van der Waals surface area (Å²) in [5.74, 6) is -1.92. The third-order valence-corrected chi connectivity index (χ3v) is 5.76. The Morgan fingerprint density at radius 1 is 0.781 bits per heavy atom. The van der Waals surface area contributed by atoms with E-state index in [4.69, 9.17) is 0 Å². The number of para-hydroxylation sites is 1. The summed E-state index contributed by atoms with van der Waals surface area (Å²) in [5.41, 5.74) is 1.10. The van der Waals surface area contributed by atoms with Crippen molar-refractivity contribution >= 4 is 33.6 Å². The largest absolute Gasteiger partial charge is 0.507 e. The lowest BCUT2D eigenvalue weighted by Crippen LogP contribution is -2.34. The maximum absolute atomic E-state index is 12.4. The van der Waals surface area contributed by atoms with Crippen LogP contribution in [0.15, 0.2) is 77.7 Å². The van der Waals surface area contributed by atoms with Gasteiger partial charge >= 0.3 is 6.03 Å². The van der Waals surface area contributed by atoms with Gasteiger partial charge in [0.05, 0.1) is 10.5 Å². The molecular formula is C22H19N3O6S. The van der Waals surface area contributed by atoms with Crippen molar-refractivity contribution in [1.82, 2.24) is 10.0 Å². The van der Waals surface area contributed by atoms with Crippen molar-refractivity contribution in [1.29, 1.82) is 0 Å². The second-order valence-electron chi connectivity index (χ2n) is 6.70. The van der Waals surface area contributed by atoms with Gasteiger partial charge in [0.15, 0.2) is 0 Å². The summed E-state index contributed by atoms with van der Waals surface area (Å²) in [6, 6.07) is 16.5. The third-order valence-electron chi connectivity index (χ3n) is 4.41. The molecule has 0 aliphatic carbocycles. The number of aryl methyl sites for hydroxylation is 1. The second-order valence-corrected chi connectivity index (χ2v) is 8.38. The molecule has 0 aliphatic rings. The Labute approximate surface area is 184 Å². The predicted octanol–water partition coefficient (Wildman–Crippen LogP) is 2.78. The molecule has 0 saturated carbocycles. The number of urea groups is 1. The Morgan fingerprint density at radius 3 is 2.00 bits per heavy atom. The number of anilines is 1. The maximum atomic E-state index is 12.4. The van der Waals surface area contributed by atoms with Crippen molar-refractivity contribution in [2.24, 2.45) is 0 Å². The maximum Gasteiger partial charge on any atom is 0.326 e. The van der Waals surface area contributed by atoms with Crippen LogP contribution in [0, 0.1) is 6.92 Å². The number of sulfonamides is 1. The standard InChI is InChI=1S/C22H19N3O6S/c1-14-6-2-3-7-17(14)20(27)24-22(29)23-15-10-12-16(13-11-15)32(30,31)25-21(28)18-8-4-5-9-19(18)26/h2-13,26H,1H3,(H,25,28)(H2,23,24,27,29). The quantitative estimate of drug-likeness (QED) is 0.468. The van der Waals surface area contributed by atoms with Gasteiger partial charge in [0.1, 0.15) is 5.75 Å². The molecule has 0 heterocycles. The number of carbonyl (C=O) groups is 3. The van der Waals surface area contributed by atoms with Crippen LogP contribution in [0.2, 0.25) is 0 Å². The van der Waals surface area contributed by atoms with Crippen molar-refractivity contribution in [3.05, 3.63) is 89.5 Å². The van der Waals surface area contributed by atoms with Crippen LogP contribution in [0.3, 0.4) is 0 Å². The van der Waals surface area contributed by atoms with E-state index in [1.807, 2.05) is 4.72 Å². The van der Waals surface area contributed by atoms with Crippen LogP contribution in [-0.2, 0) is 10.0 Å². The van der Waals surface area contributed by atoms with Crippen LogP contribution in [0.25, 0.3) is 0 Å². The Hall–Kier alpha value is -4.18. The van der Waals surface area contributed by atoms with Gasteiger partial charge in [0.25, 0.3) is 21.8 Å². The van der Waals surface area contributed by atoms with E-state index in [0.717, 1.165) is 0 Å². The van der Waals surface area contributed by atoms with Gasteiger partial charge in [-0.25, -0.2) is 17.9 Å². The highest BCUT2D eigenvalue weighted by molar-refractivity contribution is 7.90. The van der Waals surface area contributed by atoms with Crippen molar-refractivity contribution in [3.8, 4) is 5.75 Å². The lowest BCUT2D eigenvalue weighted by Gasteiger charge is -2.10. The zero-order chi connectivity index (χ0) is 23.3. The number of phenolic OH excluding ortho intramolecular Hbond substituents is 1. The molecule has 0 saturated heterocycles. The number of aromatic hydroxyl groups is 1. The number of hydrogen-bond donors (Lipinski definition) is 4. The van der Waals surface area contributed by atoms with Crippen molar-refractivity contribution < 1.29 is 27.9 Å². The summed E-state index contributed by atoms with van der Waals surface area (Å²) < 4.78 is 26.7. The molecule has 0 spiro atoms. The molecule has 0 atom stereocenters. The van der Waals surface area contributed by atoms with Crippen LogP contribution in [0.4, 0.5) is 10.5 Å². The molecule has 164 valence electrons. The zero-order valence-electron chi connectivity index (χ0n) is 16.8. The van der Waals surface area contributed by atoms with Crippen molar-refractivity contribution in [2.45, 2.75) is 11.8 Å². The van der Waals surface area contributed by atoms with Crippen molar-refractivity contribution in [3.63, 3.8) is 0 Å². The number of nitrogens with one attached hydrogen (secondary N) is 3.